The molecule has 0 aliphatic heterocycles. The van der Waals surface area contributed by atoms with Crippen LogP contribution in [0.2, 0.25) is 0 Å². The summed E-state index contributed by atoms with van der Waals surface area (Å²) in [5.74, 6) is -0.528. The fourth-order valence-corrected chi connectivity index (χ4v) is 5.08. The van der Waals surface area contributed by atoms with Gasteiger partial charge in [0.05, 0.1) is 17.0 Å². The summed E-state index contributed by atoms with van der Waals surface area (Å²) in [5.41, 5.74) is 7.00. The third kappa shape index (κ3) is 3.81. The van der Waals surface area contributed by atoms with Crippen molar-refractivity contribution >= 4 is 39.4 Å². The maximum atomic E-state index is 12.4. The van der Waals surface area contributed by atoms with E-state index in [4.69, 9.17) is 0 Å². The molecule has 1 aliphatic carbocycles. The molecule has 26 heavy (non-hydrogen) atoms. The van der Waals surface area contributed by atoms with Gasteiger partial charge in [0.15, 0.2) is 4.96 Å². The highest BCUT2D eigenvalue weighted by Crippen LogP contribution is 2.28. The van der Waals surface area contributed by atoms with Crippen molar-refractivity contribution in [3.63, 3.8) is 0 Å². The molecule has 0 spiro atoms. The summed E-state index contributed by atoms with van der Waals surface area (Å²) < 4.78 is 1.88. The molecule has 0 unspecified atom stereocenters. The summed E-state index contributed by atoms with van der Waals surface area (Å²) in [7, 11) is 0. The SMILES string of the molecule is O=C(Cc1cn2ccsc2n1)NNC(=O)c1cc2c(s1)CCCCCC2. The second kappa shape index (κ2) is 7.59. The van der Waals surface area contributed by atoms with Gasteiger partial charge in [0.1, 0.15) is 0 Å². The molecule has 3 heterocycles. The third-order valence-electron chi connectivity index (χ3n) is 4.52. The van der Waals surface area contributed by atoms with Crippen LogP contribution in [-0.4, -0.2) is 21.2 Å². The molecule has 0 saturated heterocycles. The van der Waals surface area contributed by atoms with Gasteiger partial charge in [-0.3, -0.25) is 24.8 Å². The molecule has 0 aromatic carbocycles. The van der Waals surface area contributed by atoms with E-state index in [-0.39, 0.29) is 18.2 Å². The van der Waals surface area contributed by atoms with Gasteiger partial charge in [-0.05, 0) is 37.3 Å². The highest BCUT2D eigenvalue weighted by Gasteiger charge is 2.16. The lowest BCUT2D eigenvalue weighted by Gasteiger charge is -2.07. The minimum Gasteiger partial charge on any atom is -0.297 e. The summed E-state index contributed by atoms with van der Waals surface area (Å²) in [4.78, 5) is 31.6. The number of hydrogen-bond acceptors (Lipinski definition) is 5. The van der Waals surface area contributed by atoms with Crippen molar-refractivity contribution in [1.82, 2.24) is 20.2 Å². The number of nitrogens with one attached hydrogen (secondary N) is 2. The van der Waals surface area contributed by atoms with Crippen molar-refractivity contribution in [2.24, 2.45) is 0 Å². The van der Waals surface area contributed by atoms with Gasteiger partial charge in [-0.25, -0.2) is 4.98 Å². The average Bonchev–Trinajstić information content (AvgIpc) is 3.27. The van der Waals surface area contributed by atoms with Crippen LogP contribution >= 0.6 is 22.7 Å². The van der Waals surface area contributed by atoms with E-state index in [0.29, 0.717) is 10.6 Å². The van der Waals surface area contributed by atoms with Crippen LogP contribution < -0.4 is 10.9 Å². The normalized spacial score (nSPS) is 14.5. The lowest BCUT2D eigenvalue weighted by atomic mass is 10.00. The fraction of sp³-hybridized carbons (Fsp3) is 0.389. The van der Waals surface area contributed by atoms with Crippen LogP contribution in [0.5, 0.6) is 0 Å². The molecule has 8 heteroatoms. The summed E-state index contributed by atoms with van der Waals surface area (Å²) in [6.07, 6.45) is 10.9. The summed E-state index contributed by atoms with van der Waals surface area (Å²) in [6, 6.07) is 1.98. The zero-order valence-electron chi connectivity index (χ0n) is 14.3. The van der Waals surface area contributed by atoms with E-state index in [1.165, 1.54) is 47.5 Å². The molecule has 2 N–H and O–H groups in total. The molecule has 0 atom stereocenters. The van der Waals surface area contributed by atoms with E-state index in [1.807, 2.05) is 28.2 Å². The Hall–Kier alpha value is -2.19. The Kier molecular flexibility index (Phi) is 5.03. The van der Waals surface area contributed by atoms with Crippen LogP contribution in [0.15, 0.2) is 23.8 Å². The number of amides is 2. The van der Waals surface area contributed by atoms with Crippen molar-refractivity contribution in [3.8, 4) is 0 Å². The third-order valence-corrected chi connectivity index (χ3v) is 6.53. The first-order chi connectivity index (χ1) is 12.7. The maximum Gasteiger partial charge on any atom is 0.279 e. The number of thiophene rings is 1. The molecule has 4 rings (SSSR count). The fourth-order valence-electron chi connectivity index (χ4n) is 3.21. The van der Waals surface area contributed by atoms with Crippen LogP contribution in [0.3, 0.4) is 0 Å². The largest absolute Gasteiger partial charge is 0.297 e. The molecule has 3 aromatic rings. The molecule has 0 saturated carbocycles. The molecule has 0 fully saturated rings. The van der Waals surface area contributed by atoms with Crippen molar-refractivity contribution in [2.75, 3.05) is 0 Å². The smallest absolute Gasteiger partial charge is 0.279 e. The van der Waals surface area contributed by atoms with Crippen LogP contribution in [-0.2, 0) is 24.1 Å². The number of thiazole rings is 1. The molecule has 2 amide bonds. The number of aryl methyl sites for hydroxylation is 2. The predicted molar refractivity (Wildman–Crippen MR) is 103 cm³/mol. The molecular weight excluding hydrogens is 368 g/mol. The topological polar surface area (TPSA) is 75.5 Å². The van der Waals surface area contributed by atoms with Gasteiger partial charge < -0.3 is 0 Å². The number of aromatic nitrogens is 2. The van der Waals surface area contributed by atoms with Crippen molar-refractivity contribution in [1.29, 1.82) is 0 Å². The standard InChI is InChI=1S/C18H20N4O2S2/c23-16(10-13-11-22-7-8-25-18(22)19-13)20-21-17(24)15-9-12-5-3-1-2-4-6-14(12)26-15/h7-9,11H,1-6,10H2,(H,20,23)(H,21,24). The molecular formula is C18H20N4O2S2. The number of rotatable bonds is 3. The van der Waals surface area contributed by atoms with E-state index in [1.54, 1.807) is 11.3 Å². The number of nitrogens with zero attached hydrogens (tertiary/aromatic N) is 2. The lowest BCUT2D eigenvalue weighted by molar-refractivity contribution is -0.121. The second-order valence-electron chi connectivity index (χ2n) is 6.48. The number of imidazole rings is 1. The quantitative estimate of drug-likeness (QED) is 0.677. The van der Waals surface area contributed by atoms with Gasteiger partial charge in [0, 0.05) is 22.7 Å². The van der Waals surface area contributed by atoms with Gasteiger partial charge in [0.25, 0.3) is 5.91 Å². The van der Waals surface area contributed by atoms with E-state index in [0.717, 1.165) is 17.8 Å². The summed E-state index contributed by atoms with van der Waals surface area (Å²) in [5, 5.41) is 1.94. The van der Waals surface area contributed by atoms with Crippen molar-refractivity contribution < 1.29 is 9.59 Å². The molecule has 6 nitrogen and oxygen atoms in total. The number of hydrogen-bond donors (Lipinski definition) is 2. The number of fused-ring (bicyclic) bond motifs is 2. The minimum atomic E-state index is -0.279. The van der Waals surface area contributed by atoms with Crippen molar-refractivity contribution in [3.05, 3.63) is 44.9 Å². The predicted octanol–water partition coefficient (Wildman–Crippen LogP) is 3.12. The van der Waals surface area contributed by atoms with E-state index in [2.05, 4.69) is 15.8 Å². The van der Waals surface area contributed by atoms with E-state index < -0.39 is 0 Å². The van der Waals surface area contributed by atoms with Crippen LogP contribution in [0.4, 0.5) is 0 Å². The Morgan fingerprint density at radius 3 is 2.85 bits per heavy atom. The van der Waals surface area contributed by atoms with Gasteiger partial charge in [-0.1, -0.05) is 12.8 Å². The first-order valence-corrected chi connectivity index (χ1v) is 10.5. The number of hydrazine groups is 1. The molecule has 3 aromatic heterocycles. The van der Waals surface area contributed by atoms with Gasteiger partial charge >= 0.3 is 0 Å². The highest BCUT2D eigenvalue weighted by atomic mass is 32.1. The first-order valence-electron chi connectivity index (χ1n) is 8.81. The minimum absolute atomic E-state index is 0.135. The Morgan fingerprint density at radius 2 is 2.00 bits per heavy atom. The highest BCUT2D eigenvalue weighted by molar-refractivity contribution is 7.15. The second-order valence-corrected chi connectivity index (χ2v) is 8.49. The van der Waals surface area contributed by atoms with Crippen LogP contribution in [0, 0.1) is 0 Å². The van der Waals surface area contributed by atoms with Gasteiger partial charge in [0.2, 0.25) is 5.91 Å². The Bertz CT molecular complexity index is 886. The Balaban J connectivity index is 1.33. The van der Waals surface area contributed by atoms with E-state index in [9.17, 15) is 9.59 Å². The first kappa shape index (κ1) is 17.2. The van der Waals surface area contributed by atoms with Gasteiger partial charge in [-0.15, -0.1) is 22.7 Å². The van der Waals surface area contributed by atoms with E-state index >= 15 is 0 Å². The number of carbonyl (C=O) groups is 2. The molecule has 0 bridgehead atoms. The zero-order valence-corrected chi connectivity index (χ0v) is 15.9. The van der Waals surface area contributed by atoms with Crippen molar-refractivity contribution in [2.45, 2.75) is 44.9 Å². The molecule has 136 valence electrons. The summed E-state index contributed by atoms with van der Waals surface area (Å²) in [6.45, 7) is 0. The molecule has 1 aliphatic rings. The number of carbonyl (C=O) groups excluding carboxylic acids is 2. The Labute approximate surface area is 159 Å². The van der Waals surface area contributed by atoms with Gasteiger partial charge in [-0.2, -0.15) is 0 Å². The Morgan fingerprint density at radius 1 is 1.15 bits per heavy atom. The van der Waals surface area contributed by atoms with Crippen LogP contribution in [0.25, 0.3) is 4.96 Å². The zero-order chi connectivity index (χ0) is 17.9. The monoisotopic (exact) mass is 388 g/mol. The van der Waals surface area contributed by atoms with Crippen LogP contribution in [0.1, 0.15) is 51.5 Å². The molecule has 0 radical (unpaired) electrons. The summed E-state index contributed by atoms with van der Waals surface area (Å²) >= 11 is 3.07. The lowest BCUT2D eigenvalue weighted by Crippen LogP contribution is -2.42. The maximum absolute atomic E-state index is 12.4. The average molecular weight is 389 g/mol.